The van der Waals surface area contributed by atoms with Crippen molar-refractivity contribution in [3.8, 4) is 0 Å². The van der Waals surface area contributed by atoms with Crippen LogP contribution >= 0.6 is 0 Å². The molecule has 1 unspecified atom stereocenters. The fourth-order valence-corrected chi connectivity index (χ4v) is 2.30. The first-order valence-electron chi connectivity index (χ1n) is 6.61. The molecule has 1 aliphatic carbocycles. The van der Waals surface area contributed by atoms with E-state index in [2.05, 4.69) is 10.6 Å². The van der Waals surface area contributed by atoms with Crippen LogP contribution in [0.3, 0.4) is 0 Å². The third-order valence-corrected chi connectivity index (χ3v) is 3.40. The Labute approximate surface area is 108 Å². The molecule has 102 valence electrons. The molecule has 5 nitrogen and oxygen atoms in total. The summed E-state index contributed by atoms with van der Waals surface area (Å²) in [5.74, 6) is -0.0733. The molecule has 0 bridgehead atoms. The van der Waals surface area contributed by atoms with Crippen LogP contribution in [-0.2, 0) is 9.53 Å². The molecule has 5 heteroatoms. The van der Waals surface area contributed by atoms with Crippen molar-refractivity contribution >= 4 is 12.0 Å². The second-order valence-corrected chi connectivity index (χ2v) is 6.36. The Morgan fingerprint density at radius 2 is 2.06 bits per heavy atom. The second kappa shape index (κ2) is 4.44. The zero-order valence-electron chi connectivity index (χ0n) is 11.3. The SMILES string of the molecule is CC(C)(C)OC(=O)NC1CCCC2(CC2)NC1=O. The summed E-state index contributed by atoms with van der Waals surface area (Å²) in [4.78, 5) is 23.6. The van der Waals surface area contributed by atoms with Crippen molar-refractivity contribution in [1.29, 1.82) is 0 Å². The van der Waals surface area contributed by atoms with E-state index in [0.29, 0.717) is 6.42 Å². The average molecular weight is 254 g/mol. The molecule has 1 saturated carbocycles. The maximum atomic E-state index is 12.0. The summed E-state index contributed by atoms with van der Waals surface area (Å²) < 4.78 is 5.17. The Kier molecular flexibility index (Phi) is 3.25. The van der Waals surface area contributed by atoms with Gasteiger partial charge in [-0.1, -0.05) is 0 Å². The zero-order valence-corrected chi connectivity index (χ0v) is 11.3. The van der Waals surface area contributed by atoms with Gasteiger partial charge in [0.05, 0.1) is 0 Å². The quantitative estimate of drug-likeness (QED) is 0.748. The van der Waals surface area contributed by atoms with Crippen molar-refractivity contribution in [2.24, 2.45) is 0 Å². The Morgan fingerprint density at radius 1 is 1.39 bits per heavy atom. The van der Waals surface area contributed by atoms with Crippen molar-refractivity contribution in [2.45, 2.75) is 70.1 Å². The van der Waals surface area contributed by atoms with Gasteiger partial charge in [0.25, 0.3) is 0 Å². The van der Waals surface area contributed by atoms with Gasteiger partial charge in [-0.3, -0.25) is 4.79 Å². The van der Waals surface area contributed by atoms with E-state index in [0.717, 1.165) is 25.7 Å². The van der Waals surface area contributed by atoms with Crippen LogP contribution in [0.1, 0.15) is 52.9 Å². The molecule has 2 rings (SSSR count). The molecular weight excluding hydrogens is 232 g/mol. The molecule has 1 atom stereocenters. The van der Waals surface area contributed by atoms with Crippen LogP contribution in [0.2, 0.25) is 0 Å². The van der Waals surface area contributed by atoms with Gasteiger partial charge in [-0.15, -0.1) is 0 Å². The molecule has 2 amide bonds. The number of ether oxygens (including phenoxy) is 1. The van der Waals surface area contributed by atoms with Crippen LogP contribution in [0.5, 0.6) is 0 Å². The fraction of sp³-hybridized carbons (Fsp3) is 0.846. The normalized spacial score (nSPS) is 26.2. The molecular formula is C13H22N2O3. The summed E-state index contributed by atoms with van der Waals surface area (Å²) in [6.45, 7) is 5.41. The van der Waals surface area contributed by atoms with E-state index in [1.54, 1.807) is 20.8 Å². The first kappa shape index (κ1) is 13.2. The molecule has 2 fully saturated rings. The van der Waals surface area contributed by atoms with Crippen LogP contribution in [0.25, 0.3) is 0 Å². The van der Waals surface area contributed by atoms with E-state index in [9.17, 15) is 9.59 Å². The number of amides is 2. The van der Waals surface area contributed by atoms with E-state index in [-0.39, 0.29) is 11.4 Å². The van der Waals surface area contributed by atoms with Gasteiger partial charge in [-0.05, 0) is 52.9 Å². The Hall–Kier alpha value is -1.26. The molecule has 2 aliphatic rings. The molecule has 1 spiro atoms. The van der Waals surface area contributed by atoms with Gasteiger partial charge >= 0.3 is 6.09 Å². The van der Waals surface area contributed by atoms with Gasteiger partial charge in [0.1, 0.15) is 11.6 Å². The Balaban J connectivity index is 1.88. The molecule has 2 N–H and O–H groups in total. The highest BCUT2D eigenvalue weighted by molar-refractivity contribution is 5.86. The highest BCUT2D eigenvalue weighted by Gasteiger charge is 2.46. The van der Waals surface area contributed by atoms with E-state index in [4.69, 9.17) is 4.74 Å². The van der Waals surface area contributed by atoms with Gasteiger partial charge in [-0.2, -0.15) is 0 Å². The Bertz CT molecular complexity index is 356. The third kappa shape index (κ3) is 3.37. The third-order valence-electron chi connectivity index (χ3n) is 3.40. The van der Waals surface area contributed by atoms with Crippen LogP contribution in [0.4, 0.5) is 4.79 Å². The number of alkyl carbamates (subject to hydrolysis) is 1. The van der Waals surface area contributed by atoms with E-state index in [1.807, 2.05) is 0 Å². The van der Waals surface area contributed by atoms with Crippen LogP contribution in [0, 0.1) is 0 Å². The molecule has 0 aromatic rings. The monoisotopic (exact) mass is 254 g/mol. The largest absolute Gasteiger partial charge is 0.444 e. The molecule has 0 aromatic heterocycles. The lowest BCUT2D eigenvalue weighted by Gasteiger charge is -2.22. The Morgan fingerprint density at radius 3 is 2.61 bits per heavy atom. The topological polar surface area (TPSA) is 67.4 Å². The van der Waals surface area contributed by atoms with Crippen LogP contribution < -0.4 is 10.6 Å². The summed E-state index contributed by atoms with van der Waals surface area (Å²) in [5.41, 5.74) is -0.496. The minimum atomic E-state index is -0.539. The minimum Gasteiger partial charge on any atom is -0.444 e. The smallest absolute Gasteiger partial charge is 0.408 e. The predicted molar refractivity (Wildman–Crippen MR) is 67.1 cm³/mol. The number of hydrogen-bond acceptors (Lipinski definition) is 3. The fourth-order valence-electron chi connectivity index (χ4n) is 2.30. The van der Waals surface area contributed by atoms with Crippen molar-refractivity contribution in [3.05, 3.63) is 0 Å². The highest BCUT2D eigenvalue weighted by atomic mass is 16.6. The summed E-state index contributed by atoms with van der Waals surface area (Å²) >= 11 is 0. The molecule has 1 aliphatic heterocycles. The van der Waals surface area contributed by atoms with E-state index in [1.165, 1.54) is 0 Å². The van der Waals surface area contributed by atoms with Crippen molar-refractivity contribution in [3.63, 3.8) is 0 Å². The molecule has 18 heavy (non-hydrogen) atoms. The molecule has 0 radical (unpaired) electrons. The number of rotatable bonds is 1. The standard InChI is InChI=1S/C13H22N2O3/c1-12(2,3)18-11(17)14-9-5-4-6-13(7-8-13)15-10(9)16/h9H,4-8H2,1-3H3,(H,14,17)(H,15,16). The molecule has 1 saturated heterocycles. The van der Waals surface area contributed by atoms with Gasteiger partial charge in [0, 0.05) is 5.54 Å². The lowest BCUT2D eigenvalue weighted by molar-refractivity contribution is -0.123. The van der Waals surface area contributed by atoms with Gasteiger partial charge in [0.2, 0.25) is 5.91 Å². The van der Waals surface area contributed by atoms with E-state index < -0.39 is 17.7 Å². The van der Waals surface area contributed by atoms with Crippen molar-refractivity contribution in [2.75, 3.05) is 0 Å². The lowest BCUT2D eigenvalue weighted by Crippen LogP contribution is -2.49. The number of carbonyl (C=O) groups is 2. The van der Waals surface area contributed by atoms with Crippen LogP contribution in [-0.4, -0.2) is 29.2 Å². The van der Waals surface area contributed by atoms with E-state index >= 15 is 0 Å². The molecule has 0 aromatic carbocycles. The second-order valence-electron chi connectivity index (χ2n) is 6.36. The summed E-state index contributed by atoms with van der Waals surface area (Å²) in [6, 6.07) is -0.458. The van der Waals surface area contributed by atoms with Gasteiger partial charge < -0.3 is 15.4 Å². The number of carbonyl (C=O) groups excluding carboxylic acids is 2. The van der Waals surface area contributed by atoms with Crippen molar-refractivity contribution in [1.82, 2.24) is 10.6 Å². The first-order chi connectivity index (χ1) is 8.30. The maximum absolute atomic E-state index is 12.0. The van der Waals surface area contributed by atoms with Crippen molar-refractivity contribution < 1.29 is 14.3 Å². The number of nitrogens with one attached hydrogen (secondary N) is 2. The zero-order chi connectivity index (χ0) is 13.4. The van der Waals surface area contributed by atoms with Gasteiger partial charge in [0.15, 0.2) is 0 Å². The summed E-state index contributed by atoms with van der Waals surface area (Å²) in [5, 5.41) is 5.70. The predicted octanol–water partition coefficient (Wildman–Crippen LogP) is 1.71. The highest BCUT2D eigenvalue weighted by Crippen LogP contribution is 2.41. The summed E-state index contributed by atoms with van der Waals surface area (Å²) in [6.07, 6.45) is 4.28. The maximum Gasteiger partial charge on any atom is 0.408 e. The number of hydrogen-bond donors (Lipinski definition) is 2. The molecule has 1 heterocycles. The minimum absolute atomic E-state index is 0.0431. The summed E-state index contributed by atoms with van der Waals surface area (Å²) in [7, 11) is 0. The van der Waals surface area contributed by atoms with Gasteiger partial charge in [-0.25, -0.2) is 4.79 Å². The lowest BCUT2D eigenvalue weighted by atomic mass is 10.1. The average Bonchev–Trinajstić information content (AvgIpc) is 2.94. The first-order valence-corrected chi connectivity index (χ1v) is 6.61. The van der Waals surface area contributed by atoms with Crippen LogP contribution in [0.15, 0.2) is 0 Å².